The predicted molar refractivity (Wildman–Crippen MR) is 107 cm³/mol. The van der Waals surface area contributed by atoms with Gasteiger partial charge in [-0.25, -0.2) is 0 Å². The molecule has 1 aromatic carbocycles. The van der Waals surface area contributed by atoms with E-state index in [1.54, 1.807) is 40.9 Å². The van der Waals surface area contributed by atoms with E-state index in [4.69, 9.17) is 17.3 Å². The van der Waals surface area contributed by atoms with Crippen LogP contribution in [-0.2, 0) is 4.79 Å². The molecule has 1 heterocycles. The lowest BCUT2D eigenvalue weighted by atomic mass is 10.0. The molecule has 1 aromatic rings. The highest BCUT2D eigenvalue weighted by atomic mass is 35.5. The lowest BCUT2D eigenvalue weighted by Crippen LogP contribution is -2.52. The topological polar surface area (TPSA) is 75.4 Å². The summed E-state index contributed by atoms with van der Waals surface area (Å²) in [6, 6.07) is 6.49. The minimum atomic E-state index is -0.532. The summed E-state index contributed by atoms with van der Waals surface area (Å²) in [6.45, 7) is 1.30. The summed E-state index contributed by atoms with van der Waals surface area (Å²) in [5.41, 5.74) is 6.29. The third-order valence-corrected chi connectivity index (χ3v) is 5.16. The number of halogens is 2. The quantitative estimate of drug-likeness (QED) is 0.762. The van der Waals surface area contributed by atoms with Gasteiger partial charge in [0, 0.05) is 19.1 Å². The Hall–Kier alpha value is -0.950. The average molecular weight is 406 g/mol. The lowest BCUT2D eigenvalue weighted by Gasteiger charge is -2.33. The molecule has 0 bridgehead atoms. The van der Waals surface area contributed by atoms with Gasteiger partial charge in [-0.1, -0.05) is 23.7 Å². The maximum absolute atomic E-state index is 12.8. The van der Waals surface area contributed by atoms with Crippen LogP contribution in [0.5, 0.6) is 0 Å². The molecule has 1 fully saturated rings. The average Bonchev–Trinajstić information content (AvgIpc) is 2.59. The van der Waals surface area contributed by atoms with Gasteiger partial charge in [-0.3, -0.25) is 9.59 Å². The van der Waals surface area contributed by atoms with Gasteiger partial charge in [0.25, 0.3) is 5.91 Å². The van der Waals surface area contributed by atoms with E-state index in [0.717, 1.165) is 18.6 Å². The second-order valence-electron chi connectivity index (χ2n) is 5.95. The molecule has 0 aliphatic carbocycles. The van der Waals surface area contributed by atoms with E-state index >= 15 is 0 Å². The number of benzene rings is 1. The van der Waals surface area contributed by atoms with Crippen molar-refractivity contribution >= 4 is 47.6 Å². The third kappa shape index (κ3) is 6.37. The normalized spacial score (nSPS) is 16.0. The monoisotopic (exact) mass is 405 g/mol. The van der Waals surface area contributed by atoms with E-state index < -0.39 is 6.04 Å². The molecular weight excluding hydrogens is 381 g/mol. The zero-order chi connectivity index (χ0) is 17.5. The number of amides is 2. The maximum atomic E-state index is 12.8. The molecule has 1 saturated heterocycles. The van der Waals surface area contributed by atoms with Gasteiger partial charge in [-0.2, -0.15) is 11.8 Å². The van der Waals surface area contributed by atoms with Crippen LogP contribution >= 0.6 is 35.8 Å². The Labute approximate surface area is 164 Å². The summed E-state index contributed by atoms with van der Waals surface area (Å²) in [6.07, 6.45) is 4.19. The van der Waals surface area contributed by atoms with Crippen LogP contribution in [0, 0.1) is 0 Å². The molecule has 1 unspecified atom stereocenters. The van der Waals surface area contributed by atoms with E-state index in [0.29, 0.717) is 30.1 Å². The van der Waals surface area contributed by atoms with E-state index in [1.807, 2.05) is 6.26 Å². The van der Waals surface area contributed by atoms with Crippen molar-refractivity contribution in [3.8, 4) is 0 Å². The first-order valence-corrected chi connectivity index (χ1v) is 9.88. The Bertz CT molecular complexity index is 581. The minimum absolute atomic E-state index is 0. The SMILES string of the molecule is CSCCC(NC(=O)c1ccccc1Cl)C(=O)N1CCC(N)CC1.Cl. The fourth-order valence-electron chi connectivity index (χ4n) is 2.71. The Kier molecular flexibility index (Phi) is 9.64. The maximum Gasteiger partial charge on any atom is 0.253 e. The molecule has 0 aromatic heterocycles. The van der Waals surface area contributed by atoms with Crippen molar-refractivity contribution in [2.75, 3.05) is 25.1 Å². The van der Waals surface area contributed by atoms with Crippen LogP contribution in [0.4, 0.5) is 0 Å². The first-order valence-electron chi connectivity index (χ1n) is 8.11. The van der Waals surface area contributed by atoms with Crippen molar-refractivity contribution < 1.29 is 9.59 Å². The van der Waals surface area contributed by atoms with E-state index in [-0.39, 0.29) is 30.3 Å². The van der Waals surface area contributed by atoms with Gasteiger partial charge < -0.3 is 16.0 Å². The molecule has 0 saturated carbocycles. The summed E-state index contributed by atoms with van der Waals surface area (Å²) in [5, 5.41) is 3.24. The molecule has 3 N–H and O–H groups in total. The zero-order valence-corrected chi connectivity index (χ0v) is 16.6. The van der Waals surface area contributed by atoms with Gasteiger partial charge in [-0.05, 0) is 43.4 Å². The number of hydrogen-bond donors (Lipinski definition) is 2. The molecule has 2 amide bonds. The summed E-state index contributed by atoms with van der Waals surface area (Å²) < 4.78 is 0. The summed E-state index contributed by atoms with van der Waals surface area (Å²) in [4.78, 5) is 27.1. The third-order valence-electron chi connectivity index (χ3n) is 4.18. The summed E-state index contributed by atoms with van der Waals surface area (Å²) in [5.74, 6) is 0.456. The number of nitrogens with two attached hydrogens (primary N) is 1. The first kappa shape index (κ1) is 22.1. The molecule has 2 rings (SSSR count). The number of nitrogens with one attached hydrogen (secondary N) is 1. The van der Waals surface area contributed by atoms with Crippen LogP contribution in [-0.4, -0.2) is 53.9 Å². The number of hydrogen-bond acceptors (Lipinski definition) is 4. The molecule has 5 nitrogen and oxygen atoms in total. The minimum Gasteiger partial charge on any atom is -0.341 e. The lowest BCUT2D eigenvalue weighted by molar-refractivity contribution is -0.134. The molecule has 25 heavy (non-hydrogen) atoms. The smallest absolute Gasteiger partial charge is 0.253 e. The van der Waals surface area contributed by atoms with Crippen molar-refractivity contribution in [1.82, 2.24) is 10.2 Å². The number of thioether (sulfide) groups is 1. The molecule has 0 radical (unpaired) electrons. The van der Waals surface area contributed by atoms with Crippen molar-refractivity contribution in [2.24, 2.45) is 5.73 Å². The fraction of sp³-hybridized carbons (Fsp3) is 0.529. The number of rotatable bonds is 6. The van der Waals surface area contributed by atoms with Crippen LogP contribution < -0.4 is 11.1 Å². The second-order valence-corrected chi connectivity index (χ2v) is 7.34. The van der Waals surface area contributed by atoms with Crippen LogP contribution in [0.15, 0.2) is 24.3 Å². The van der Waals surface area contributed by atoms with Gasteiger partial charge in [0.2, 0.25) is 5.91 Å². The highest BCUT2D eigenvalue weighted by molar-refractivity contribution is 7.98. The van der Waals surface area contributed by atoms with Crippen molar-refractivity contribution in [3.63, 3.8) is 0 Å². The summed E-state index contributed by atoms with van der Waals surface area (Å²) in [7, 11) is 0. The van der Waals surface area contributed by atoms with Crippen LogP contribution in [0.3, 0.4) is 0 Å². The molecular formula is C17H25Cl2N3O2S. The van der Waals surface area contributed by atoms with Crippen LogP contribution in [0.25, 0.3) is 0 Å². The molecule has 1 aliphatic heterocycles. The summed E-state index contributed by atoms with van der Waals surface area (Å²) >= 11 is 7.73. The molecule has 8 heteroatoms. The van der Waals surface area contributed by atoms with E-state index in [9.17, 15) is 9.59 Å². The van der Waals surface area contributed by atoms with Crippen molar-refractivity contribution in [1.29, 1.82) is 0 Å². The van der Waals surface area contributed by atoms with E-state index in [1.165, 1.54) is 0 Å². The predicted octanol–water partition coefficient (Wildman–Crippen LogP) is 2.56. The van der Waals surface area contributed by atoms with Crippen LogP contribution in [0.1, 0.15) is 29.6 Å². The van der Waals surface area contributed by atoms with Gasteiger partial charge in [0.15, 0.2) is 0 Å². The Morgan fingerprint density at radius 1 is 1.36 bits per heavy atom. The standard InChI is InChI=1S/C17H24ClN3O2S.ClH/c1-24-11-8-15(17(23)21-9-6-12(19)7-10-21)20-16(22)13-4-2-3-5-14(13)18;/h2-5,12,15H,6-11,19H2,1H3,(H,20,22);1H. The number of piperidine rings is 1. The Morgan fingerprint density at radius 2 is 2.00 bits per heavy atom. The highest BCUT2D eigenvalue weighted by Gasteiger charge is 2.28. The number of likely N-dealkylation sites (tertiary alicyclic amines) is 1. The first-order chi connectivity index (χ1) is 11.5. The van der Waals surface area contributed by atoms with Crippen LogP contribution in [0.2, 0.25) is 5.02 Å². The second kappa shape index (κ2) is 10.9. The van der Waals surface area contributed by atoms with Gasteiger partial charge in [0.05, 0.1) is 10.6 Å². The number of carbonyl (C=O) groups is 2. The Balaban J connectivity index is 0.00000312. The van der Waals surface area contributed by atoms with Gasteiger partial charge >= 0.3 is 0 Å². The van der Waals surface area contributed by atoms with Gasteiger partial charge in [0.1, 0.15) is 6.04 Å². The number of nitrogens with zero attached hydrogens (tertiary/aromatic N) is 1. The number of carbonyl (C=O) groups excluding carboxylic acids is 2. The molecule has 0 spiro atoms. The molecule has 140 valence electrons. The Morgan fingerprint density at radius 3 is 2.60 bits per heavy atom. The molecule has 1 atom stereocenters. The fourth-order valence-corrected chi connectivity index (χ4v) is 3.41. The van der Waals surface area contributed by atoms with Crippen molar-refractivity contribution in [3.05, 3.63) is 34.9 Å². The van der Waals surface area contributed by atoms with Crippen molar-refractivity contribution in [2.45, 2.75) is 31.3 Å². The van der Waals surface area contributed by atoms with Gasteiger partial charge in [-0.15, -0.1) is 12.4 Å². The highest BCUT2D eigenvalue weighted by Crippen LogP contribution is 2.16. The zero-order valence-electron chi connectivity index (χ0n) is 14.2. The largest absolute Gasteiger partial charge is 0.341 e. The molecule has 1 aliphatic rings. The van der Waals surface area contributed by atoms with E-state index in [2.05, 4.69) is 5.32 Å².